The molecule has 1 saturated carbocycles. The highest BCUT2D eigenvalue weighted by atomic mass is 32.1. The first-order valence-corrected chi connectivity index (χ1v) is 12.3. The predicted octanol–water partition coefficient (Wildman–Crippen LogP) is 4.18. The number of aromatic nitrogens is 1. The van der Waals surface area contributed by atoms with Crippen molar-refractivity contribution in [3.8, 4) is 11.1 Å². The Labute approximate surface area is 206 Å². The van der Waals surface area contributed by atoms with Gasteiger partial charge in [0, 0.05) is 12.0 Å². The van der Waals surface area contributed by atoms with Crippen molar-refractivity contribution in [1.82, 2.24) is 15.2 Å². The van der Waals surface area contributed by atoms with E-state index in [9.17, 15) is 14.4 Å². The van der Waals surface area contributed by atoms with Crippen LogP contribution in [0, 0.1) is 6.92 Å². The third kappa shape index (κ3) is 4.77. The van der Waals surface area contributed by atoms with Crippen molar-refractivity contribution in [2.75, 3.05) is 13.2 Å². The molecular weight excluding hydrogens is 466 g/mol. The summed E-state index contributed by atoms with van der Waals surface area (Å²) in [7, 11) is 0. The Bertz CT molecular complexity index is 1250. The molecule has 0 spiro atoms. The van der Waals surface area contributed by atoms with Gasteiger partial charge in [-0.2, -0.15) is 0 Å². The number of carboxylic acids is 1. The number of hydrogen-bond donors (Lipinski definition) is 2. The minimum atomic E-state index is -1.04. The normalized spacial score (nSPS) is 14.2. The van der Waals surface area contributed by atoms with Crippen LogP contribution in [0.3, 0.4) is 0 Å². The van der Waals surface area contributed by atoms with Crippen LogP contribution < -0.4 is 5.32 Å². The molecule has 8 nitrogen and oxygen atoms in total. The third-order valence-electron chi connectivity index (χ3n) is 6.32. The van der Waals surface area contributed by atoms with Crippen molar-refractivity contribution in [1.29, 1.82) is 0 Å². The van der Waals surface area contributed by atoms with Crippen LogP contribution >= 0.6 is 11.3 Å². The molecule has 2 amide bonds. The monoisotopic (exact) mass is 491 g/mol. The number of hydrogen-bond acceptors (Lipinski definition) is 6. The molecule has 1 heterocycles. The van der Waals surface area contributed by atoms with E-state index in [4.69, 9.17) is 9.84 Å². The molecule has 0 unspecified atom stereocenters. The number of aliphatic carboxylic acids is 1. The molecule has 0 bridgehead atoms. The Hall–Kier alpha value is -3.72. The van der Waals surface area contributed by atoms with Crippen LogP contribution in [0.1, 0.15) is 50.3 Å². The van der Waals surface area contributed by atoms with Gasteiger partial charge in [-0.25, -0.2) is 9.78 Å². The number of carbonyl (C=O) groups excluding carboxylic acids is 2. The van der Waals surface area contributed by atoms with Gasteiger partial charge in [-0.1, -0.05) is 48.5 Å². The number of nitrogens with one attached hydrogen (secondary N) is 1. The summed E-state index contributed by atoms with van der Waals surface area (Å²) in [5.74, 6) is -1.39. The molecule has 0 atom stereocenters. The quantitative estimate of drug-likeness (QED) is 0.489. The van der Waals surface area contributed by atoms with Crippen molar-refractivity contribution >= 4 is 29.3 Å². The summed E-state index contributed by atoms with van der Waals surface area (Å²) in [4.78, 5) is 42.7. The summed E-state index contributed by atoms with van der Waals surface area (Å²) < 4.78 is 5.55. The fourth-order valence-corrected chi connectivity index (χ4v) is 5.51. The van der Waals surface area contributed by atoms with Crippen LogP contribution in [-0.2, 0) is 16.1 Å². The fraction of sp³-hybridized carbons (Fsp3) is 0.308. The molecule has 2 aliphatic rings. The smallest absolute Gasteiger partial charge is 0.407 e. The molecular formula is C26H25N3O5S. The Morgan fingerprint density at radius 3 is 2.31 bits per heavy atom. The Kier molecular flexibility index (Phi) is 6.25. The molecule has 2 aliphatic carbocycles. The SMILES string of the molecule is Cc1nc(CNC(=O)OCC2c3ccccc3-c3ccccc32)sc1C(=O)N(CC(=O)O)C1CC1. The van der Waals surface area contributed by atoms with Gasteiger partial charge in [0.25, 0.3) is 5.91 Å². The van der Waals surface area contributed by atoms with Crippen LogP contribution in [0.5, 0.6) is 0 Å². The maximum absolute atomic E-state index is 12.9. The van der Waals surface area contributed by atoms with Gasteiger partial charge in [0.2, 0.25) is 0 Å². The van der Waals surface area contributed by atoms with Crippen LogP contribution in [0.15, 0.2) is 48.5 Å². The largest absolute Gasteiger partial charge is 0.480 e. The second kappa shape index (κ2) is 9.50. The average molecular weight is 492 g/mol. The van der Waals surface area contributed by atoms with E-state index in [2.05, 4.69) is 34.6 Å². The third-order valence-corrected chi connectivity index (χ3v) is 7.46. The Morgan fingerprint density at radius 1 is 1.09 bits per heavy atom. The molecule has 35 heavy (non-hydrogen) atoms. The molecule has 3 aromatic rings. The maximum atomic E-state index is 12.9. The summed E-state index contributed by atoms with van der Waals surface area (Å²) in [5, 5.41) is 12.4. The molecule has 0 aliphatic heterocycles. The van der Waals surface area contributed by atoms with E-state index in [1.165, 1.54) is 16.2 Å². The number of aryl methyl sites for hydroxylation is 1. The summed E-state index contributed by atoms with van der Waals surface area (Å²) >= 11 is 1.17. The van der Waals surface area contributed by atoms with E-state index in [1.807, 2.05) is 24.3 Å². The van der Waals surface area contributed by atoms with Crippen molar-refractivity contribution in [3.63, 3.8) is 0 Å². The number of benzene rings is 2. The lowest BCUT2D eigenvalue weighted by molar-refractivity contribution is -0.137. The highest BCUT2D eigenvalue weighted by Crippen LogP contribution is 2.44. The van der Waals surface area contributed by atoms with E-state index in [0.717, 1.165) is 35.1 Å². The topological polar surface area (TPSA) is 109 Å². The minimum Gasteiger partial charge on any atom is -0.480 e. The lowest BCUT2D eigenvalue weighted by Gasteiger charge is -2.19. The van der Waals surface area contributed by atoms with Crippen LogP contribution in [0.4, 0.5) is 4.79 Å². The lowest BCUT2D eigenvalue weighted by atomic mass is 9.98. The molecule has 9 heteroatoms. The molecule has 0 saturated heterocycles. The zero-order valence-electron chi connectivity index (χ0n) is 19.2. The van der Waals surface area contributed by atoms with Gasteiger partial charge in [0.1, 0.15) is 23.0 Å². The standard InChI is InChI=1S/C26H25N3O5S/c1-15-24(25(32)29(13-23(30)31)16-10-11-16)35-22(28-15)12-27-26(33)34-14-21-19-8-4-2-6-17(19)18-7-3-5-9-20(18)21/h2-9,16,21H,10-14H2,1H3,(H,27,33)(H,30,31). The highest BCUT2D eigenvalue weighted by molar-refractivity contribution is 7.13. The summed E-state index contributed by atoms with van der Waals surface area (Å²) in [6.45, 7) is 1.73. The number of ether oxygens (including phenoxy) is 1. The van der Waals surface area contributed by atoms with E-state index >= 15 is 0 Å². The summed E-state index contributed by atoms with van der Waals surface area (Å²) in [6.07, 6.45) is 1.07. The van der Waals surface area contributed by atoms with E-state index < -0.39 is 12.1 Å². The van der Waals surface area contributed by atoms with Gasteiger partial charge in [0.05, 0.1) is 12.2 Å². The van der Waals surface area contributed by atoms with Gasteiger partial charge in [0.15, 0.2) is 0 Å². The van der Waals surface area contributed by atoms with Gasteiger partial charge in [-0.15, -0.1) is 11.3 Å². The first-order valence-electron chi connectivity index (χ1n) is 11.5. The van der Waals surface area contributed by atoms with Crippen molar-refractivity contribution in [2.24, 2.45) is 0 Å². The fourth-order valence-electron chi connectivity index (χ4n) is 4.55. The van der Waals surface area contributed by atoms with Gasteiger partial charge < -0.3 is 20.1 Å². The number of carboxylic acid groups (broad SMARTS) is 1. The number of fused-ring (bicyclic) bond motifs is 3. The molecule has 2 N–H and O–H groups in total. The number of alkyl carbamates (subject to hydrolysis) is 1. The first-order chi connectivity index (χ1) is 16.9. The van der Waals surface area contributed by atoms with Crippen molar-refractivity contribution < 1.29 is 24.2 Å². The number of carbonyl (C=O) groups is 3. The zero-order chi connectivity index (χ0) is 24.5. The average Bonchev–Trinajstić information content (AvgIpc) is 3.55. The number of nitrogens with zero attached hydrogens (tertiary/aromatic N) is 2. The van der Waals surface area contributed by atoms with Crippen LogP contribution in [0.2, 0.25) is 0 Å². The van der Waals surface area contributed by atoms with Crippen LogP contribution in [0.25, 0.3) is 11.1 Å². The molecule has 5 rings (SSSR count). The molecule has 180 valence electrons. The lowest BCUT2D eigenvalue weighted by Crippen LogP contribution is -2.37. The number of rotatable bonds is 8. The first kappa shape index (κ1) is 23.0. The van der Waals surface area contributed by atoms with Gasteiger partial charge in [-0.3, -0.25) is 9.59 Å². The second-order valence-electron chi connectivity index (χ2n) is 8.76. The minimum absolute atomic E-state index is 0.0255. The molecule has 1 fully saturated rings. The highest BCUT2D eigenvalue weighted by Gasteiger charge is 2.36. The van der Waals surface area contributed by atoms with Crippen molar-refractivity contribution in [2.45, 2.75) is 38.3 Å². The van der Waals surface area contributed by atoms with E-state index in [1.54, 1.807) is 6.92 Å². The molecule has 1 aromatic heterocycles. The van der Waals surface area contributed by atoms with Crippen LogP contribution in [-0.4, -0.2) is 52.2 Å². The number of amides is 2. The number of thiazole rings is 1. The van der Waals surface area contributed by atoms with Gasteiger partial charge >= 0.3 is 12.1 Å². The molecule has 0 radical (unpaired) electrons. The Balaban J connectivity index is 1.20. The predicted molar refractivity (Wildman–Crippen MR) is 130 cm³/mol. The van der Waals surface area contributed by atoms with Crippen molar-refractivity contribution in [3.05, 3.63) is 75.2 Å². The summed E-state index contributed by atoms with van der Waals surface area (Å²) in [5.41, 5.74) is 5.13. The second-order valence-corrected chi connectivity index (χ2v) is 9.84. The van der Waals surface area contributed by atoms with Gasteiger partial charge in [-0.05, 0) is 42.0 Å². The maximum Gasteiger partial charge on any atom is 0.407 e. The molecule has 2 aromatic carbocycles. The Morgan fingerprint density at radius 2 is 1.71 bits per heavy atom. The zero-order valence-corrected chi connectivity index (χ0v) is 20.0. The summed E-state index contributed by atoms with van der Waals surface area (Å²) in [6, 6.07) is 16.3. The van der Waals surface area contributed by atoms with E-state index in [-0.39, 0.29) is 37.6 Å². The van der Waals surface area contributed by atoms with E-state index in [0.29, 0.717) is 15.6 Å².